The van der Waals surface area contributed by atoms with Crippen molar-refractivity contribution in [1.82, 2.24) is 9.55 Å². The Balaban J connectivity index is 1.42. The van der Waals surface area contributed by atoms with Crippen LogP contribution in [-0.4, -0.2) is 97.9 Å². The summed E-state index contributed by atoms with van der Waals surface area (Å²) in [7, 11) is -10.9. The van der Waals surface area contributed by atoms with Gasteiger partial charge in [0.2, 0.25) is 0 Å². The number of nitrogens with two attached hydrogens (primary N) is 1. The second kappa shape index (κ2) is 34.4. The van der Waals surface area contributed by atoms with Crippen molar-refractivity contribution in [1.29, 1.82) is 0 Å². The highest BCUT2D eigenvalue weighted by molar-refractivity contribution is 7.61. The second-order valence-electron chi connectivity index (χ2n) is 18.5. The van der Waals surface area contributed by atoms with Gasteiger partial charge in [-0.2, -0.15) is 9.29 Å². The SMILES string of the molecule is CCCCC/C=C\C/C=C\CC1OC1C/C=C\CCCC(=O)O[C@H](COC(=O)CCCCCCCCCCCCCC(C)C)COP(=O)(O)OP(=O)(O)OC[C@H]1O[C@@H](n2ccc(N)nc2=O)[C@H](O)[C@@H]1O. The average Bonchev–Trinajstić information content (AvgIpc) is 3.99. The fraction of sp³-hybridized carbons (Fsp3) is 0.755. The minimum atomic E-state index is -5.44. The van der Waals surface area contributed by atoms with Crippen molar-refractivity contribution in [3.05, 3.63) is 59.2 Å². The predicted molar refractivity (Wildman–Crippen MR) is 265 cm³/mol. The van der Waals surface area contributed by atoms with Gasteiger partial charge in [-0.1, -0.05) is 141 Å². The zero-order valence-corrected chi connectivity index (χ0v) is 43.5. The molecule has 21 heteroatoms. The number of nitrogen functional groups attached to an aromatic ring is 1. The highest BCUT2D eigenvalue weighted by atomic mass is 31.3. The van der Waals surface area contributed by atoms with Gasteiger partial charge in [0, 0.05) is 19.0 Å². The number of carbonyl (C=O) groups is 2. The first-order valence-corrected chi connectivity index (χ1v) is 28.5. The molecule has 3 heterocycles. The lowest BCUT2D eigenvalue weighted by atomic mass is 10.0. The Hall–Kier alpha value is -3.06. The van der Waals surface area contributed by atoms with Gasteiger partial charge >= 0.3 is 33.3 Å². The van der Waals surface area contributed by atoms with E-state index >= 15 is 0 Å². The molecule has 2 aliphatic heterocycles. The van der Waals surface area contributed by atoms with Crippen molar-refractivity contribution in [2.75, 3.05) is 25.6 Å². The number of anilines is 1. The molecule has 0 aliphatic carbocycles. The minimum Gasteiger partial charge on any atom is -0.462 e. The fourth-order valence-electron chi connectivity index (χ4n) is 7.71. The van der Waals surface area contributed by atoms with Crippen molar-refractivity contribution in [2.24, 2.45) is 5.92 Å². The van der Waals surface area contributed by atoms with E-state index in [1.807, 2.05) is 12.2 Å². The zero-order valence-electron chi connectivity index (χ0n) is 41.7. The third-order valence-electron chi connectivity index (χ3n) is 11.8. The molecular formula is C49H83N3O16P2. The van der Waals surface area contributed by atoms with E-state index in [9.17, 15) is 43.5 Å². The van der Waals surface area contributed by atoms with Crippen molar-refractivity contribution < 1.29 is 71.0 Å². The number of aliphatic hydroxyl groups excluding tert-OH is 2. The van der Waals surface area contributed by atoms with Crippen LogP contribution in [0.25, 0.3) is 0 Å². The maximum atomic E-state index is 12.9. The van der Waals surface area contributed by atoms with E-state index < -0.39 is 83.7 Å². The van der Waals surface area contributed by atoms with E-state index in [2.05, 4.69) is 54.4 Å². The Morgan fingerprint density at radius 1 is 0.743 bits per heavy atom. The summed E-state index contributed by atoms with van der Waals surface area (Å²) in [6, 6.07) is 1.24. The minimum absolute atomic E-state index is 0.0332. The van der Waals surface area contributed by atoms with Gasteiger partial charge in [0.25, 0.3) is 0 Å². The maximum Gasteiger partial charge on any atom is 0.481 e. The molecule has 400 valence electrons. The lowest BCUT2D eigenvalue weighted by molar-refractivity contribution is -0.161. The largest absolute Gasteiger partial charge is 0.481 e. The van der Waals surface area contributed by atoms with Crippen molar-refractivity contribution in [3.63, 3.8) is 0 Å². The molecule has 0 spiro atoms. The van der Waals surface area contributed by atoms with Crippen molar-refractivity contribution in [2.45, 2.75) is 211 Å². The van der Waals surface area contributed by atoms with Gasteiger partial charge in [-0.3, -0.25) is 23.2 Å². The summed E-state index contributed by atoms with van der Waals surface area (Å²) in [4.78, 5) is 61.9. The van der Waals surface area contributed by atoms with Crippen molar-refractivity contribution in [3.8, 4) is 0 Å². The molecule has 2 aliphatic rings. The van der Waals surface area contributed by atoms with Crippen molar-refractivity contribution >= 4 is 33.4 Å². The Morgan fingerprint density at radius 3 is 1.99 bits per heavy atom. The Bertz CT molecular complexity index is 1900. The van der Waals surface area contributed by atoms with E-state index in [-0.39, 0.29) is 30.9 Å². The number of hydrogen-bond acceptors (Lipinski definition) is 16. The van der Waals surface area contributed by atoms with Crippen LogP contribution in [0.5, 0.6) is 0 Å². The highest BCUT2D eigenvalue weighted by Gasteiger charge is 2.46. The summed E-state index contributed by atoms with van der Waals surface area (Å²) in [5.41, 5.74) is 4.58. The molecule has 0 aromatic carbocycles. The van der Waals surface area contributed by atoms with Gasteiger partial charge in [-0.15, -0.1) is 0 Å². The number of allylic oxidation sites excluding steroid dienone is 4. The number of aromatic nitrogens is 2. The molecule has 70 heavy (non-hydrogen) atoms. The van der Waals surface area contributed by atoms with Gasteiger partial charge in [0.05, 0.1) is 25.4 Å². The summed E-state index contributed by atoms with van der Waals surface area (Å²) in [5.74, 6) is -0.606. The monoisotopic (exact) mass is 1030 g/mol. The lowest BCUT2D eigenvalue weighted by Crippen LogP contribution is -2.36. The normalized spacial score (nSPS) is 22.5. The molecule has 0 amide bonds. The molecule has 9 atom stereocenters. The molecule has 0 saturated carbocycles. The fourth-order valence-corrected chi connectivity index (χ4v) is 9.82. The summed E-state index contributed by atoms with van der Waals surface area (Å²) in [6.07, 6.45) is 28.4. The molecule has 1 aromatic heterocycles. The Kier molecular flexibility index (Phi) is 30.1. The number of aliphatic hydroxyl groups is 2. The Labute approximate surface area is 414 Å². The number of carbonyl (C=O) groups excluding carboxylic acids is 2. The van der Waals surface area contributed by atoms with Crippen LogP contribution >= 0.6 is 15.6 Å². The van der Waals surface area contributed by atoms with Crippen LogP contribution in [0.2, 0.25) is 0 Å². The van der Waals surface area contributed by atoms with Crippen LogP contribution in [-0.2, 0) is 51.0 Å². The molecule has 3 rings (SSSR count). The number of unbranched alkanes of at least 4 members (excludes halogenated alkanes) is 14. The number of rotatable bonds is 40. The first-order chi connectivity index (χ1) is 33.5. The number of phosphoric acid groups is 2. The van der Waals surface area contributed by atoms with Gasteiger partial charge in [0.1, 0.15) is 30.7 Å². The number of nitrogens with zero attached hydrogens (tertiary/aromatic N) is 2. The highest BCUT2D eigenvalue weighted by Crippen LogP contribution is 2.60. The number of ether oxygens (including phenoxy) is 4. The quantitative estimate of drug-likeness (QED) is 0.0135. The maximum absolute atomic E-state index is 12.9. The standard InChI is InChI=1S/C49H83N3O16P2/c1-4-5-6-7-8-12-16-19-24-29-40-41(66-40)30-25-21-22-27-32-45(54)65-39(35-62-44(53)31-26-20-17-14-11-9-10-13-15-18-23-28-38(2)3)36-63-69(58,59)68-70(60,61)64-37-42-46(55)47(56)48(67-42)52-34-33-43(50)51-49(52)57/h8,12,19,21,24-25,33-34,38-42,46-48,55-56H,4-7,9-11,13-18,20,22-23,26-32,35-37H2,1-3H3,(H,58,59)(H,60,61)(H2,50,51,57)/b12-8-,24-19-,25-21-/t39-,40?,41?,42-,46-,47-,48-/m1/s1. The molecule has 1 aromatic rings. The van der Waals surface area contributed by atoms with E-state index in [0.29, 0.717) is 19.3 Å². The van der Waals surface area contributed by atoms with Gasteiger partial charge < -0.3 is 44.7 Å². The molecule has 2 fully saturated rings. The van der Waals surface area contributed by atoms with E-state index in [0.717, 1.165) is 68.0 Å². The number of hydrogen-bond donors (Lipinski definition) is 5. The van der Waals surface area contributed by atoms with E-state index in [4.69, 9.17) is 33.7 Å². The first kappa shape index (κ1) is 61.2. The molecule has 2 saturated heterocycles. The molecule has 0 radical (unpaired) electrons. The second-order valence-corrected chi connectivity index (χ2v) is 21.6. The van der Waals surface area contributed by atoms with E-state index in [1.165, 1.54) is 70.3 Å². The molecule has 4 unspecified atom stereocenters. The molecule has 19 nitrogen and oxygen atoms in total. The number of esters is 2. The number of phosphoric ester groups is 2. The van der Waals surface area contributed by atoms with Crippen LogP contribution in [0.3, 0.4) is 0 Å². The van der Waals surface area contributed by atoms with Crippen LogP contribution in [0.1, 0.15) is 175 Å². The summed E-state index contributed by atoms with van der Waals surface area (Å²) in [6.45, 7) is 4.36. The Morgan fingerprint density at radius 2 is 1.33 bits per heavy atom. The third-order valence-corrected chi connectivity index (χ3v) is 14.4. The summed E-state index contributed by atoms with van der Waals surface area (Å²) < 4.78 is 62.5. The first-order valence-electron chi connectivity index (χ1n) is 25.5. The van der Waals surface area contributed by atoms with E-state index in [1.54, 1.807) is 0 Å². The molecule has 0 bridgehead atoms. The topological polar surface area (TPSA) is 278 Å². The lowest BCUT2D eigenvalue weighted by Gasteiger charge is -2.21. The van der Waals surface area contributed by atoms with Gasteiger partial charge in [-0.05, 0) is 63.4 Å². The van der Waals surface area contributed by atoms with Crippen LogP contribution in [0.15, 0.2) is 53.5 Å². The third kappa shape index (κ3) is 27.1. The van der Waals surface area contributed by atoms with Crippen LogP contribution in [0.4, 0.5) is 5.82 Å². The average molecular weight is 1030 g/mol. The summed E-state index contributed by atoms with van der Waals surface area (Å²) in [5, 5.41) is 20.9. The van der Waals surface area contributed by atoms with Crippen LogP contribution in [0, 0.1) is 5.92 Å². The number of epoxide rings is 1. The van der Waals surface area contributed by atoms with Gasteiger partial charge in [0.15, 0.2) is 12.3 Å². The van der Waals surface area contributed by atoms with Crippen LogP contribution < -0.4 is 11.4 Å². The van der Waals surface area contributed by atoms with Gasteiger partial charge in [-0.25, -0.2) is 13.9 Å². The molecule has 6 N–H and O–H groups in total. The molecular weight excluding hydrogens is 948 g/mol. The zero-order chi connectivity index (χ0) is 51.2. The summed E-state index contributed by atoms with van der Waals surface area (Å²) >= 11 is 0. The predicted octanol–water partition coefficient (Wildman–Crippen LogP) is 9.23. The smallest absolute Gasteiger partial charge is 0.462 e.